The molecule has 1 aromatic rings. The van der Waals surface area contributed by atoms with Crippen molar-refractivity contribution >= 4 is 29.1 Å². The fourth-order valence-corrected chi connectivity index (χ4v) is 1.40. The van der Waals surface area contributed by atoms with E-state index in [0.29, 0.717) is 16.7 Å². The highest BCUT2D eigenvalue weighted by atomic mass is 35.5. The molecule has 0 aliphatic rings. The van der Waals surface area contributed by atoms with Gasteiger partial charge < -0.3 is 14.9 Å². The lowest BCUT2D eigenvalue weighted by Gasteiger charge is -2.06. The van der Waals surface area contributed by atoms with E-state index < -0.39 is 17.5 Å². The molecule has 0 radical (unpaired) electrons. The highest BCUT2D eigenvalue weighted by molar-refractivity contribution is 6.39. The number of carbonyl (C=O) groups is 2. The Hall–Kier alpha value is -2.01. The van der Waals surface area contributed by atoms with Crippen LogP contribution in [0.2, 0.25) is 5.02 Å². The maximum atomic E-state index is 11.2. The van der Waals surface area contributed by atoms with E-state index in [1.807, 2.05) is 0 Å². The average molecular weight is 271 g/mol. The van der Waals surface area contributed by atoms with Gasteiger partial charge in [0.15, 0.2) is 0 Å². The molecule has 0 aliphatic carbocycles. The second kappa shape index (κ2) is 5.55. The molecule has 0 aromatic heterocycles. The predicted octanol–water partition coefficient (Wildman–Crippen LogP) is 2.00. The fraction of sp³-hybridized carbons (Fsp3) is 0.167. The van der Waals surface area contributed by atoms with Crippen molar-refractivity contribution in [3.63, 3.8) is 0 Å². The highest BCUT2D eigenvalue weighted by Gasteiger charge is 2.15. The Morgan fingerprint density at radius 1 is 1.39 bits per heavy atom. The third-order valence-corrected chi connectivity index (χ3v) is 2.61. The molecule has 6 heteroatoms. The number of halogens is 1. The number of ketones is 1. The van der Waals surface area contributed by atoms with E-state index in [4.69, 9.17) is 11.6 Å². The number of esters is 1. The molecule has 0 heterocycles. The lowest BCUT2D eigenvalue weighted by Crippen LogP contribution is -2.13. The lowest BCUT2D eigenvalue weighted by molar-refractivity contribution is -0.149. The minimum absolute atomic E-state index is 0.0390. The minimum atomic E-state index is -1.11. The number of methoxy groups -OCH3 is 1. The van der Waals surface area contributed by atoms with Crippen molar-refractivity contribution < 1.29 is 24.5 Å². The number of ether oxygens (including phenoxy) is 1. The Labute approximate surface area is 108 Å². The van der Waals surface area contributed by atoms with E-state index in [-0.39, 0.29) is 11.3 Å². The summed E-state index contributed by atoms with van der Waals surface area (Å²) < 4.78 is 4.19. The van der Waals surface area contributed by atoms with Crippen LogP contribution < -0.4 is 0 Å². The Morgan fingerprint density at radius 3 is 2.56 bits per heavy atom. The number of aryl methyl sites for hydroxylation is 1. The molecule has 0 aliphatic heterocycles. The summed E-state index contributed by atoms with van der Waals surface area (Å²) in [6.07, 6.45) is 0.659. The van der Waals surface area contributed by atoms with E-state index in [0.717, 1.165) is 7.11 Å². The Bertz CT molecular complexity index is 534. The first kappa shape index (κ1) is 14.1. The van der Waals surface area contributed by atoms with E-state index in [1.165, 1.54) is 12.1 Å². The molecular weight excluding hydrogens is 260 g/mol. The van der Waals surface area contributed by atoms with Crippen LogP contribution in [-0.2, 0) is 14.3 Å². The van der Waals surface area contributed by atoms with E-state index in [1.54, 1.807) is 6.92 Å². The Kier molecular flexibility index (Phi) is 4.33. The van der Waals surface area contributed by atoms with Crippen molar-refractivity contribution in [2.75, 3.05) is 7.11 Å². The average Bonchev–Trinajstić information content (AvgIpc) is 2.32. The lowest BCUT2D eigenvalue weighted by atomic mass is 10.1. The van der Waals surface area contributed by atoms with Crippen LogP contribution in [0.3, 0.4) is 0 Å². The van der Waals surface area contributed by atoms with Gasteiger partial charge >= 0.3 is 5.97 Å². The summed E-state index contributed by atoms with van der Waals surface area (Å²) in [7, 11) is 1.05. The smallest absolute Gasteiger partial charge is 0.378 e. The third-order valence-electron chi connectivity index (χ3n) is 2.21. The van der Waals surface area contributed by atoms with Gasteiger partial charge in [0, 0.05) is 11.1 Å². The Balaban J connectivity index is 3.15. The molecule has 1 rings (SSSR count). The first-order valence-corrected chi connectivity index (χ1v) is 5.27. The van der Waals surface area contributed by atoms with Gasteiger partial charge in [0.05, 0.1) is 12.7 Å². The quantitative estimate of drug-likeness (QED) is 0.380. The standard InChI is InChI=1S/C12H11ClO5/c1-6-3-9(14)7(4-8(6)13)10(15)5-11(16)12(17)18-2/h3-5,14-15H,1-2H3/b10-5-. The van der Waals surface area contributed by atoms with Crippen LogP contribution in [0.4, 0.5) is 0 Å². The molecule has 1 aromatic carbocycles. The molecule has 0 atom stereocenters. The largest absolute Gasteiger partial charge is 0.507 e. The van der Waals surface area contributed by atoms with Crippen LogP contribution in [-0.4, -0.2) is 29.1 Å². The van der Waals surface area contributed by atoms with Crippen LogP contribution in [0.25, 0.3) is 5.76 Å². The van der Waals surface area contributed by atoms with Gasteiger partial charge in [-0.1, -0.05) is 11.6 Å². The number of phenolic OH excluding ortho intramolecular Hbond substituents is 1. The molecule has 96 valence electrons. The number of carbonyl (C=O) groups excluding carboxylic acids is 2. The zero-order chi connectivity index (χ0) is 13.9. The van der Waals surface area contributed by atoms with Gasteiger partial charge in [-0.25, -0.2) is 4.79 Å². The summed E-state index contributed by atoms with van der Waals surface area (Å²) in [5.74, 6) is -2.96. The van der Waals surface area contributed by atoms with Crippen LogP contribution in [0.1, 0.15) is 11.1 Å². The van der Waals surface area contributed by atoms with Gasteiger partial charge in [-0.05, 0) is 24.6 Å². The summed E-state index contributed by atoms with van der Waals surface area (Å²) in [5.41, 5.74) is 0.577. The second-order valence-electron chi connectivity index (χ2n) is 3.50. The van der Waals surface area contributed by atoms with Gasteiger partial charge in [0.1, 0.15) is 11.5 Å². The first-order chi connectivity index (χ1) is 8.36. The zero-order valence-electron chi connectivity index (χ0n) is 9.73. The SMILES string of the molecule is COC(=O)C(=O)/C=C(\O)c1cc(Cl)c(C)cc1O. The van der Waals surface area contributed by atoms with Crippen molar-refractivity contribution in [3.8, 4) is 5.75 Å². The number of aliphatic hydroxyl groups excluding tert-OH is 1. The maximum absolute atomic E-state index is 11.2. The molecule has 0 saturated carbocycles. The van der Waals surface area contributed by atoms with Crippen molar-refractivity contribution in [1.29, 1.82) is 0 Å². The molecule has 0 fully saturated rings. The van der Waals surface area contributed by atoms with Crippen molar-refractivity contribution in [3.05, 3.63) is 34.4 Å². The molecule has 5 nitrogen and oxygen atoms in total. The first-order valence-electron chi connectivity index (χ1n) is 4.89. The number of benzene rings is 1. The Morgan fingerprint density at radius 2 is 2.00 bits per heavy atom. The van der Waals surface area contributed by atoms with Crippen LogP contribution in [0.15, 0.2) is 18.2 Å². The van der Waals surface area contributed by atoms with Gasteiger partial charge in [0.2, 0.25) is 0 Å². The molecule has 0 spiro atoms. The number of aliphatic hydroxyl groups is 1. The van der Waals surface area contributed by atoms with Gasteiger partial charge in [0.25, 0.3) is 5.78 Å². The van der Waals surface area contributed by atoms with Crippen molar-refractivity contribution in [1.82, 2.24) is 0 Å². The predicted molar refractivity (Wildman–Crippen MR) is 65.5 cm³/mol. The molecule has 0 saturated heterocycles. The van der Waals surface area contributed by atoms with Gasteiger partial charge in [-0.2, -0.15) is 0 Å². The van der Waals surface area contributed by atoms with Crippen LogP contribution >= 0.6 is 11.6 Å². The monoisotopic (exact) mass is 270 g/mol. The molecule has 2 N–H and O–H groups in total. The number of hydrogen-bond acceptors (Lipinski definition) is 5. The maximum Gasteiger partial charge on any atom is 0.378 e. The molecule has 18 heavy (non-hydrogen) atoms. The van der Waals surface area contributed by atoms with Crippen molar-refractivity contribution in [2.24, 2.45) is 0 Å². The number of hydrogen-bond donors (Lipinski definition) is 2. The van der Waals surface area contributed by atoms with Gasteiger partial charge in [-0.15, -0.1) is 0 Å². The molecule has 0 bridgehead atoms. The van der Waals surface area contributed by atoms with E-state index >= 15 is 0 Å². The van der Waals surface area contributed by atoms with Crippen LogP contribution in [0, 0.1) is 6.92 Å². The molecule has 0 amide bonds. The van der Waals surface area contributed by atoms with Gasteiger partial charge in [-0.3, -0.25) is 4.79 Å². The third kappa shape index (κ3) is 3.01. The summed E-state index contributed by atoms with van der Waals surface area (Å²) in [6, 6.07) is 2.63. The summed E-state index contributed by atoms with van der Waals surface area (Å²) in [4.78, 5) is 22.1. The fourth-order valence-electron chi connectivity index (χ4n) is 1.23. The molecular formula is C12H11ClO5. The number of aromatic hydroxyl groups is 1. The normalized spacial score (nSPS) is 11.2. The van der Waals surface area contributed by atoms with E-state index in [9.17, 15) is 19.8 Å². The minimum Gasteiger partial charge on any atom is -0.507 e. The van der Waals surface area contributed by atoms with Crippen LogP contribution in [0.5, 0.6) is 5.75 Å². The second-order valence-corrected chi connectivity index (χ2v) is 3.91. The number of rotatable bonds is 3. The summed E-state index contributed by atoms with van der Waals surface area (Å²) in [6.45, 7) is 1.67. The van der Waals surface area contributed by atoms with E-state index in [2.05, 4.69) is 4.74 Å². The highest BCUT2D eigenvalue weighted by Crippen LogP contribution is 2.29. The van der Waals surface area contributed by atoms with Crippen molar-refractivity contribution in [2.45, 2.75) is 6.92 Å². The topological polar surface area (TPSA) is 83.8 Å². The summed E-state index contributed by atoms with van der Waals surface area (Å²) in [5, 5.41) is 19.6. The molecule has 0 unspecified atom stereocenters. The number of phenols is 1. The summed E-state index contributed by atoms with van der Waals surface area (Å²) >= 11 is 5.83. The zero-order valence-corrected chi connectivity index (χ0v) is 10.5.